The Hall–Kier alpha value is -2.39. The maximum atomic E-state index is 4.58. The summed E-state index contributed by atoms with van der Waals surface area (Å²) in [5.41, 5.74) is 2.98. The third-order valence-corrected chi connectivity index (χ3v) is 6.28. The maximum absolute atomic E-state index is 4.58. The van der Waals surface area contributed by atoms with Crippen LogP contribution in [0.25, 0.3) is 21.5 Å². The Morgan fingerprint density at radius 1 is 0.852 bits per heavy atom. The lowest BCUT2D eigenvalue weighted by Crippen LogP contribution is -2.22. The molecule has 134 valence electrons. The van der Waals surface area contributed by atoms with E-state index in [1.807, 2.05) is 18.5 Å². The van der Waals surface area contributed by atoms with Gasteiger partial charge in [0.25, 0.3) is 0 Å². The van der Waals surface area contributed by atoms with Crippen molar-refractivity contribution in [3.8, 4) is 0 Å². The molecule has 5 rings (SSSR count). The zero-order valence-electron chi connectivity index (χ0n) is 15.2. The predicted octanol–water partition coefficient (Wildman–Crippen LogP) is 5.92. The van der Waals surface area contributed by atoms with Crippen LogP contribution in [0.4, 0.5) is 0 Å². The van der Waals surface area contributed by atoms with E-state index in [0.29, 0.717) is 11.8 Å². The molecule has 4 aromatic rings. The lowest BCUT2D eigenvalue weighted by atomic mass is 9.72. The molecule has 0 bridgehead atoms. The summed E-state index contributed by atoms with van der Waals surface area (Å²) >= 11 is 4.56. The van der Waals surface area contributed by atoms with E-state index in [0.717, 1.165) is 30.8 Å². The van der Waals surface area contributed by atoms with Gasteiger partial charge in [-0.1, -0.05) is 48.5 Å². The normalized spacial score (nSPS) is 19.3. The molecule has 1 aromatic heterocycles. The van der Waals surface area contributed by atoms with Gasteiger partial charge in [0, 0.05) is 18.3 Å². The third kappa shape index (κ3) is 2.81. The largest absolute Gasteiger partial charge is 0.241 e. The summed E-state index contributed by atoms with van der Waals surface area (Å²) in [6.07, 6.45) is 6.96. The summed E-state index contributed by atoms with van der Waals surface area (Å²) in [5, 5.41) is 5.42. The molecule has 2 unspecified atom stereocenters. The Morgan fingerprint density at radius 3 is 2.52 bits per heavy atom. The summed E-state index contributed by atoms with van der Waals surface area (Å²) in [4.78, 5) is 9.15. The Balaban J connectivity index is 1.69. The van der Waals surface area contributed by atoms with Crippen LogP contribution in [0.5, 0.6) is 0 Å². The molecule has 3 heteroatoms. The van der Waals surface area contributed by atoms with Gasteiger partial charge in [0.15, 0.2) is 0 Å². The number of thiol groups is 1. The minimum atomic E-state index is 0.378. The average molecular weight is 371 g/mol. The van der Waals surface area contributed by atoms with Crippen molar-refractivity contribution in [1.29, 1.82) is 0 Å². The fraction of sp³-hybridized carbons (Fsp3) is 0.250. The summed E-state index contributed by atoms with van der Waals surface area (Å²) in [6, 6.07) is 19.8. The number of fused-ring (bicyclic) bond motifs is 5. The molecule has 0 saturated heterocycles. The van der Waals surface area contributed by atoms with Crippen LogP contribution in [0.3, 0.4) is 0 Å². The number of aromatic nitrogens is 2. The lowest BCUT2D eigenvalue weighted by molar-refractivity contribution is 0.448. The zero-order chi connectivity index (χ0) is 18.2. The van der Waals surface area contributed by atoms with Gasteiger partial charge < -0.3 is 0 Å². The Kier molecular flexibility index (Phi) is 4.33. The Morgan fingerprint density at radius 2 is 1.67 bits per heavy atom. The van der Waals surface area contributed by atoms with Crippen LogP contribution >= 0.6 is 12.6 Å². The molecule has 1 aliphatic carbocycles. The minimum absolute atomic E-state index is 0.378. The summed E-state index contributed by atoms with van der Waals surface area (Å²) in [5.74, 6) is 2.67. The highest BCUT2D eigenvalue weighted by molar-refractivity contribution is 7.80. The fourth-order valence-corrected chi connectivity index (χ4v) is 5.10. The SMILES string of the molecule is SCCC1c2ccc3c(ccc4ccccc43)c2CCC1c1ncccn1. The molecule has 27 heavy (non-hydrogen) atoms. The monoisotopic (exact) mass is 370 g/mol. The second kappa shape index (κ2) is 6.97. The van der Waals surface area contributed by atoms with Crippen LogP contribution < -0.4 is 0 Å². The van der Waals surface area contributed by atoms with Gasteiger partial charge in [0.2, 0.25) is 0 Å². The standard InChI is InChI=1S/C24H22N2S/c27-15-12-22-21-9-8-18-17-5-2-1-4-16(17)6-7-19(18)20(21)10-11-23(22)24-25-13-3-14-26-24/h1-9,13-14,22-23,27H,10-12,15H2. The molecule has 3 aromatic carbocycles. The van der Waals surface area contributed by atoms with Gasteiger partial charge in [-0.25, -0.2) is 9.97 Å². The van der Waals surface area contributed by atoms with Crippen LogP contribution in [0.2, 0.25) is 0 Å². The number of aryl methyl sites for hydroxylation is 1. The van der Waals surface area contributed by atoms with Crippen molar-refractivity contribution in [3.63, 3.8) is 0 Å². The second-order valence-electron chi connectivity index (χ2n) is 7.39. The molecule has 1 aliphatic rings. The van der Waals surface area contributed by atoms with E-state index < -0.39 is 0 Å². The second-order valence-corrected chi connectivity index (χ2v) is 7.83. The van der Waals surface area contributed by atoms with Crippen LogP contribution in [-0.4, -0.2) is 15.7 Å². The summed E-state index contributed by atoms with van der Waals surface area (Å²) < 4.78 is 0. The van der Waals surface area contributed by atoms with E-state index in [9.17, 15) is 0 Å². The van der Waals surface area contributed by atoms with E-state index in [4.69, 9.17) is 0 Å². The van der Waals surface area contributed by atoms with Crippen LogP contribution in [0.1, 0.15) is 41.6 Å². The fourth-order valence-electron chi connectivity index (χ4n) is 4.82. The Labute approximate surface area is 165 Å². The first-order valence-electron chi connectivity index (χ1n) is 9.68. The molecular formula is C24H22N2S. The van der Waals surface area contributed by atoms with Gasteiger partial charge in [-0.15, -0.1) is 0 Å². The van der Waals surface area contributed by atoms with Crippen molar-refractivity contribution in [2.75, 3.05) is 5.75 Å². The number of nitrogens with zero attached hydrogens (tertiary/aromatic N) is 2. The number of hydrogen-bond donors (Lipinski definition) is 1. The van der Waals surface area contributed by atoms with E-state index in [1.54, 1.807) is 0 Å². The molecule has 0 saturated carbocycles. The van der Waals surface area contributed by atoms with Crippen molar-refractivity contribution >= 4 is 34.2 Å². The molecule has 2 nitrogen and oxygen atoms in total. The van der Waals surface area contributed by atoms with Crippen molar-refractivity contribution in [2.45, 2.75) is 31.1 Å². The van der Waals surface area contributed by atoms with Crippen molar-refractivity contribution in [2.24, 2.45) is 0 Å². The van der Waals surface area contributed by atoms with Crippen molar-refractivity contribution in [1.82, 2.24) is 9.97 Å². The average Bonchev–Trinajstić information content (AvgIpc) is 2.74. The maximum Gasteiger partial charge on any atom is 0.131 e. The molecule has 0 radical (unpaired) electrons. The smallest absolute Gasteiger partial charge is 0.131 e. The van der Waals surface area contributed by atoms with Crippen LogP contribution in [0.15, 0.2) is 67.0 Å². The first-order chi connectivity index (χ1) is 13.4. The molecule has 0 amide bonds. The van der Waals surface area contributed by atoms with Crippen LogP contribution in [0, 0.1) is 0 Å². The van der Waals surface area contributed by atoms with Gasteiger partial charge in [0.05, 0.1) is 0 Å². The number of benzene rings is 3. The van der Waals surface area contributed by atoms with Gasteiger partial charge >= 0.3 is 0 Å². The molecule has 2 atom stereocenters. The summed E-state index contributed by atoms with van der Waals surface area (Å²) in [6.45, 7) is 0. The molecule has 0 fully saturated rings. The van der Waals surface area contributed by atoms with Gasteiger partial charge in [-0.2, -0.15) is 12.6 Å². The molecular weight excluding hydrogens is 348 g/mol. The van der Waals surface area contributed by atoms with Gasteiger partial charge in [-0.3, -0.25) is 0 Å². The van der Waals surface area contributed by atoms with Crippen molar-refractivity contribution < 1.29 is 0 Å². The molecule has 0 aliphatic heterocycles. The summed E-state index contributed by atoms with van der Waals surface area (Å²) in [7, 11) is 0. The highest BCUT2D eigenvalue weighted by Gasteiger charge is 2.32. The topological polar surface area (TPSA) is 25.8 Å². The first-order valence-corrected chi connectivity index (χ1v) is 10.3. The van der Waals surface area contributed by atoms with E-state index in [1.165, 1.54) is 32.7 Å². The van der Waals surface area contributed by atoms with Crippen LogP contribution in [-0.2, 0) is 6.42 Å². The van der Waals surface area contributed by atoms with Crippen molar-refractivity contribution in [3.05, 3.63) is 83.9 Å². The lowest BCUT2D eigenvalue weighted by Gasteiger charge is -2.33. The predicted molar refractivity (Wildman–Crippen MR) is 116 cm³/mol. The van der Waals surface area contributed by atoms with E-state index >= 15 is 0 Å². The third-order valence-electron chi connectivity index (χ3n) is 6.02. The van der Waals surface area contributed by atoms with Gasteiger partial charge in [-0.05, 0) is 69.7 Å². The van der Waals surface area contributed by atoms with E-state index in [-0.39, 0.29) is 0 Å². The highest BCUT2D eigenvalue weighted by Crippen LogP contribution is 2.46. The Bertz CT molecular complexity index is 1110. The molecule has 1 heterocycles. The molecule has 0 spiro atoms. The quantitative estimate of drug-likeness (QED) is 0.358. The number of rotatable bonds is 3. The number of hydrogen-bond acceptors (Lipinski definition) is 3. The molecule has 0 N–H and O–H groups in total. The zero-order valence-corrected chi connectivity index (χ0v) is 16.1. The first kappa shape index (κ1) is 16.8. The van der Waals surface area contributed by atoms with E-state index in [2.05, 4.69) is 71.1 Å². The van der Waals surface area contributed by atoms with Gasteiger partial charge in [0.1, 0.15) is 5.82 Å². The highest BCUT2D eigenvalue weighted by atomic mass is 32.1. The minimum Gasteiger partial charge on any atom is -0.241 e.